The van der Waals surface area contributed by atoms with Gasteiger partial charge in [0.05, 0.1) is 13.7 Å². The lowest BCUT2D eigenvalue weighted by Gasteiger charge is -2.23. The number of methoxy groups -OCH3 is 1. The van der Waals surface area contributed by atoms with Crippen molar-refractivity contribution in [2.45, 2.75) is 6.54 Å². The van der Waals surface area contributed by atoms with Crippen molar-refractivity contribution in [1.29, 1.82) is 0 Å². The molecule has 0 spiro atoms. The standard InChI is InChI=1S/C21H19N7O3S/c1-30-19(29)14-9-25-20(22)27-17(14)28-4-5-31-16-3-2-11(6-13(16)10-28)12-7-15-18(24-8-12)32-21(23)26-15/h2-3,6-9H,4-5,10H2,1H3,(H2,23,26)(H2,22,25,27). The maximum absolute atomic E-state index is 12.2. The quantitative estimate of drug-likeness (QED) is 0.448. The van der Waals surface area contributed by atoms with Gasteiger partial charge in [-0.15, -0.1) is 0 Å². The van der Waals surface area contributed by atoms with Crippen LogP contribution in [-0.2, 0) is 11.3 Å². The second kappa shape index (κ2) is 7.93. The minimum Gasteiger partial charge on any atom is -0.491 e. The molecule has 3 aromatic heterocycles. The van der Waals surface area contributed by atoms with E-state index in [1.165, 1.54) is 24.6 Å². The molecular formula is C21H19N7O3S. The number of hydrogen-bond acceptors (Lipinski definition) is 11. The molecule has 10 nitrogen and oxygen atoms in total. The Morgan fingerprint density at radius 1 is 1.16 bits per heavy atom. The van der Waals surface area contributed by atoms with Crippen molar-refractivity contribution in [2.75, 3.05) is 36.6 Å². The summed E-state index contributed by atoms with van der Waals surface area (Å²) < 4.78 is 10.8. The van der Waals surface area contributed by atoms with E-state index in [1.807, 2.05) is 29.2 Å². The zero-order valence-corrected chi connectivity index (χ0v) is 17.9. The number of anilines is 3. The van der Waals surface area contributed by atoms with Gasteiger partial charge < -0.3 is 25.8 Å². The number of benzene rings is 1. The summed E-state index contributed by atoms with van der Waals surface area (Å²) in [5.74, 6) is 0.729. The third kappa shape index (κ3) is 3.62. The van der Waals surface area contributed by atoms with Gasteiger partial charge in [0, 0.05) is 30.1 Å². The molecular weight excluding hydrogens is 430 g/mol. The van der Waals surface area contributed by atoms with Crippen molar-refractivity contribution in [3.05, 3.63) is 47.8 Å². The first-order valence-electron chi connectivity index (χ1n) is 9.76. The van der Waals surface area contributed by atoms with Crippen molar-refractivity contribution in [3.8, 4) is 16.9 Å². The molecule has 0 radical (unpaired) electrons. The Bertz CT molecular complexity index is 1340. The van der Waals surface area contributed by atoms with Crippen molar-refractivity contribution in [2.24, 2.45) is 0 Å². The monoisotopic (exact) mass is 449 g/mol. The lowest BCUT2D eigenvalue weighted by molar-refractivity contribution is 0.0600. The third-order valence-corrected chi connectivity index (χ3v) is 5.94. The molecule has 162 valence electrons. The fourth-order valence-corrected chi connectivity index (χ4v) is 4.29. The number of aromatic nitrogens is 4. The topological polar surface area (TPSA) is 142 Å². The molecule has 4 aromatic rings. The number of rotatable bonds is 3. The number of esters is 1. The summed E-state index contributed by atoms with van der Waals surface area (Å²) in [7, 11) is 1.32. The highest BCUT2D eigenvalue weighted by Gasteiger charge is 2.24. The fourth-order valence-electron chi connectivity index (χ4n) is 3.63. The van der Waals surface area contributed by atoms with Crippen LogP contribution < -0.4 is 21.1 Å². The molecule has 5 rings (SSSR count). The first-order valence-corrected chi connectivity index (χ1v) is 10.6. The molecule has 0 aliphatic carbocycles. The van der Waals surface area contributed by atoms with E-state index in [2.05, 4.69) is 19.9 Å². The molecule has 1 aliphatic heterocycles. The molecule has 0 saturated heterocycles. The maximum atomic E-state index is 12.2. The summed E-state index contributed by atoms with van der Waals surface area (Å²) in [5.41, 5.74) is 15.4. The summed E-state index contributed by atoms with van der Waals surface area (Å²) in [4.78, 5) is 32.0. The summed E-state index contributed by atoms with van der Waals surface area (Å²) in [6.07, 6.45) is 3.19. The Balaban J connectivity index is 1.52. The Morgan fingerprint density at radius 3 is 2.88 bits per heavy atom. The largest absolute Gasteiger partial charge is 0.491 e. The SMILES string of the molecule is COC(=O)c1cnc(N)nc1N1CCOc2ccc(-c3cnc4sc(N)nc4c3)cc2C1. The van der Waals surface area contributed by atoms with Crippen molar-refractivity contribution in [1.82, 2.24) is 19.9 Å². The fraction of sp³-hybridized carbons (Fsp3) is 0.190. The Morgan fingerprint density at radius 2 is 2.03 bits per heavy atom. The van der Waals surface area contributed by atoms with Gasteiger partial charge in [-0.05, 0) is 23.8 Å². The normalized spacial score (nSPS) is 13.3. The number of pyridine rings is 1. The number of carbonyl (C=O) groups excluding carboxylic acids is 1. The second-order valence-electron chi connectivity index (χ2n) is 7.15. The van der Waals surface area contributed by atoms with Gasteiger partial charge in [-0.1, -0.05) is 17.4 Å². The zero-order valence-electron chi connectivity index (χ0n) is 17.1. The lowest BCUT2D eigenvalue weighted by Crippen LogP contribution is -2.28. The van der Waals surface area contributed by atoms with Crippen molar-refractivity contribution in [3.63, 3.8) is 0 Å². The summed E-state index contributed by atoms with van der Waals surface area (Å²) in [5, 5.41) is 0.487. The molecule has 32 heavy (non-hydrogen) atoms. The summed E-state index contributed by atoms with van der Waals surface area (Å²) in [6, 6.07) is 7.92. The van der Waals surface area contributed by atoms with Crippen LogP contribution in [0.3, 0.4) is 0 Å². The van der Waals surface area contributed by atoms with Crippen LogP contribution in [0.15, 0.2) is 36.7 Å². The highest BCUT2D eigenvalue weighted by atomic mass is 32.1. The van der Waals surface area contributed by atoms with Gasteiger partial charge in [-0.3, -0.25) is 0 Å². The zero-order chi connectivity index (χ0) is 22.2. The second-order valence-corrected chi connectivity index (χ2v) is 8.16. The molecule has 11 heteroatoms. The number of hydrogen-bond donors (Lipinski definition) is 2. The van der Waals surface area contributed by atoms with Crippen LogP contribution in [0.25, 0.3) is 21.5 Å². The molecule has 0 fully saturated rings. The smallest absolute Gasteiger partial charge is 0.343 e. The number of carbonyl (C=O) groups is 1. The molecule has 0 unspecified atom stereocenters. The predicted octanol–water partition coefficient (Wildman–Crippen LogP) is 2.50. The molecule has 0 amide bonds. The van der Waals surface area contributed by atoms with Crippen molar-refractivity contribution < 1.29 is 14.3 Å². The lowest BCUT2D eigenvalue weighted by atomic mass is 10.0. The third-order valence-electron chi connectivity index (χ3n) is 5.13. The molecule has 1 aliphatic rings. The molecule has 4 N–H and O–H groups in total. The van der Waals surface area contributed by atoms with E-state index in [9.17, 15) is 4.79 Å². The Hall–Kier alpha value is -3.99. The minimum absolute atomic E-state index is 0.0775. The van der Waals surface area contributed by atoms with Gasteiger partial charge in [0.2, 0.25) is 5.95 Å². The highest BCUT2D eigenvalue weighted by molar-refractivity contribution is 7.21. The van der Waals surface area contributed by atoms with E-state index in [4.69, 9.17) is 20.9 Å². The summed E-state index contributed by atoms with van der Waals surface area (Å²) in [6.45, 7) is 1.39. The van der Waals surface area contributed by atoms with Crippen LogP contribution in [0.1, 0.15) is 15.9 Å². The van der Waals surface area contributed by atoms with E-state index in [1.54, 1.807) is 6.20 Å². The maximum Gasteiger partial charge on any atom is 0.343 e. The van der Waals surface area contributed by atoms with Crippen molar-refractivity contribution >= 4 is 44.6 Å². The molecule has 0 bridgehead atoms. The molecule has 0 saturated carbocycles. The number of ether oxygens (including phenoxy) is 2. The summed E-state index contributed by atoms with van der Waals surface area (Å²) >= 11 is 1.36. The number of nitrogen functional groups attached to an aromatic ring is 2. The number of fused-ring (bicyclic) bond motifs is 2. The van der Waals surface area contributed by atoms with Crippen LogP contribution >= 0.6 is 11.3 Å². The van der Waals surface area contributed by atoms with E-state index in [0.717, 1.165) is 32.8 Å². The van der Waals surface area contributed by atoms with Crippen LogP contribution in [-0.4, -0.2) is 46.2 Å². The highest BCUT2D eigenvalue weighted by Crippen LogP contribution is 2.33. The molecule has 1 aromatic carbocycles. The van der Waals surface area contributed by atoms with Gasteiger partial charge in [0.25, 0.3) is 0 Å². The molecule has 0 atom stereocenters. The minimum atomic E-state index is -0.527. The van der Waals surface area contributed by atoms with Crippen LogP contribution in [0.2, 0.25) is 0 Å². The van der Waals surface area contributed by atoms with Gasteiger partial charge in [0.15, 0.2) is 5.13 Å². The number of thiazole rings is 1. The van der Waals surface area contributed by atoms with Crippen LogP contribution in [0.4, 0.5) is 16.9 Å². The van der Waals surface area contributed by atoms with E-state index < -0.39 is 5.97 Å². The molecule has 4 heterocycles. The van der Waals surface area contributed by atoms with Crippen LogP contribution in [0, 0.1) is 0 Å². The Labute approximate surface area is 186 Å². The van der Waals surface area contributed by atoms with E-state index in [0.29, 0.717) is 30.6 Å². The average molecular weight is 449 g/mol. The number of nitrogens with two attached hydrogens (primary N) is 2. The average Bonchev–Trinajstić information content (AvgIpc) is 3.04. The van der Waals surface area contributed by atoms with Gasteiger partial charge in [-0.2, -0.15) is 4.98 Å². The first kappa shape index (κ1) is 19.9. The van der Waals surface area contributed by atoms with Crippen LogP contribution in [0.5, 0.6) is 5.75 Å². The van der Waals surface area contributed by atoms with Gasteiger partial charge in [0.1, 0.15) is 34.1 Å². The van der Waals surface area contributed by atoms with Gasteiger partial charge >= 0.3 is 5.97 Å². The van der Waals surface area contributed by atoms with Gasteiger partial charge in [-0.25, -0.2) is 19.7 Å². The first-order chi connectivity index (χ1) is 15.5. The number of nitrogens with zero attached hydrogens (tertiary/aromatic N) is 5. The predicted molar refractivity (Wildman–Crippen MR) is 122 cm³/mol. The van der Waals surface area contributed by atoms with E-state index in [-0.39, 0.29) is 11.5 Å². The Kier molecular flexibility index (Phi) is 4.94. The van der Waals surface area contributed by atoms with E-state index >= 15 is 0 Å².